The summed E-state index contributed by atoms with van der Waals surface area (Å²) in [6, 6.07) is 18.2. The molecule has 0 amide bonds. The Hall–Kier alpha value is -2.63. The lowest BCUT2D eigenvalue weighted by atomic mass is 9.89. The van der Waals surface area contributed by atoms with Gasteiger partial charge in [0.1, 0.15) is 5.75 Å². The molecule has 0 spiro atoms. The zero-order chi connectivity index (χ0) is 18.9. The molecule has 0 aliphatic carbocycles. The highest BCUT2D eigenvalue weighted by Crippen LogP contribution is 2.31. The number of hydrogen-bond donors (Lipinski definition) is 1. The first kappa shape index (κ1) is 17.5. The summed E-state index contributed by atoms with van der Waals surface area (Å²) in [6.07, 6.45) is 6.60. The van der Waals surface area contributed by atoms with Crippen LogP contribution in [0.4, 0.5) is 0 Å². The first-order valence-electron chi connectivity index (χ1n) is 9.79. The molecule has 2 aromatic carbocycles. The average Bonchev–Trinajstić information content (AvgIpc) is 3.28. The molecular weight excluding hydrogens is 366 g/mol. The van der Waals surface area contributed by atoms with Crippen LogP contribution in [0, 0.1) is 0 Å². The molecule has 1 saturated heterocycles. The summed E-state index contributed by atoms with van der Waals surface area (Å²) in [5.41, 5.74) is 3.64. The van der Waals surface area contributed by atoms with Gasteiger partial charge in [-0.2, -0.15) is 0 Å². The molecule has 1 N–H and O–H groups in total. The highest BCUT2D eigenvalue weighted by atomic mass is 32.1. The van der Waals surface area contributed by atoms with Crippen LogP contribution in [0.2, 0.25) is 0 Å². The predicted molar refractivity (Wildman–Crippen MR) is 114 cm³/mol. The van der Waals surface area contributed by atoms with E-state index in [0.29, 0.717) is 11.7 Å². The van der Waals surface area contributed by atoms with Gasteiger partial charge in [0.15, 0.2) is 4.96 Å². The smallest absolute Gasteiger partial charge is 0.194 e. The first-order chi connectivity index (χ1) is 13.7. The predicted octanol–water partition coefficient (Wildman–Crippen LogP) is 5.15. The van der Waals surface area contributed by atoms with Crippen LogP contribution in [0.15, 0.2) is 67.0 Å². The van der Waals surface area contributed by atoms with E-state index >= 15 is 0 Å². The van der Waals surface area contributed by atoms with E-state index in [9.17, 15) is 5.11 Å². The van der Waals surface area contributed by atoms with Gasteiger partial charge in [0.2, 0.25) is 0 Å². The molecule has 0 radical (unpaired) electrons. The maximum absolute atomic E-state index is 9.71. The van der Waals surface area contributed by atoms with E-state index in [1.165, 1.54) is 16.0 Å². The molecule has 5 rings (SSSR count). The van der Waals surface area contributed by atoms with Gasteiger partial charge in [0, 0.05) is 18.9 Å². The average molecular weight is 390 g/mol. The maximum Gasteiger partial charge on any atom is 0.194 e. The van der Waals surface area contributed by atoms with Crippen LogP contribution in [0.25, 0.3) is 15.4 Å². The standard InChI is InChI=1S/C23H23N3OS/c27-21-8-4-7-19(13-21)17-9-11-25(12-10-17)14-20-15-26-16-22(28-23(26)24-20)18-5-2-1-3-6-18/h1-8,13,15-17,27H,9-12,14H2. The van der Waals surface area contributed by atoms with Gasteiger partial charge in [-0.3, -0.25) is 9.30 Å². The molecule has 3 heterocycles. The van der Waals surface area contributed by atoms with E-state index in [1.807, 2.05) is 18.2 Å². The Morgan fingerprint density at radius 2 is 1.82 bits per heavy atom. The van der Waals surface area contributed by atoms with Crippen molar-refractivity contribution in [1.29, 1.82) is 0 Å². The second kappa shape index (κ2) is 7.41. The molecule has 1 aliphatic rings. The van der Waals surface area contributed by atoms with Gasteiger partial charge >= 0.3 is 0 Å². The van der Waals surface area contributed by atoms with Gasteiger partial charge in [0.05, 0.1) is 10.6 Å². The Morgan fingerprint density at radius 3 is 2.57 bits per heavy atom. The van der Waals surface area contributed by atoms with Crippen LogP contribution >= 0.6 is 11.3 Å². The van der Waals surface area contributed by atoms with Crippen molar-refractivity contribution < 1.29 is 5.11 Å². The van der Waals surface area contributed by atoms with E-state index < -0.39 is 0 Å². The number of phenolic OH excluding ortho intramolecular Hbond substituents is 1. The molecule has 0 unspecified atom stereocenters. The van der Waals surface area contributed by atoms with Crippen molar-refractivity contribution in [1.82, 2.24) is 14.3 Å². The second-order valence-electron chi connectivity index (χ2n) is 7.53. The number of rotatable bonds is 4. The minimum atomic E-state index is 0.368. The normalized spacial score (nSPS) is 16.0. The number of likely N-dealkylation sites (tertiary alicyclic amines) is 1. The van der Waals surface area contributed by atoms with Gasteiger partial charge in [0.25, 0.3) is 0 Å². The number of hydrogen-bond acceptors (Lipinski definition) is 4. The summed E-state index contributed by atoms with van der Waals surface area (Å²) in [5, 5.41) is 9.71. The summed E-state index contributed by atoms with van der Waals surface area (Å²) >= 11 is 1.74. The maximum atomic E-state index is 9.71. The molecule has 28 heavy (non-hydrogen) atoms. The third kappa shape index (κ3) is 3.55. The quantitative estimate of drug-likeness (QED) is 0.525. The fraction of sp³-hybridized carbons (Fsp3) is 0.261. The molecule has 142 valence electrons. The van der Waals surface area contributed by atoms with Crippen LogP contribution in [-0.4, -0.2) is 32.5 Å². The Labute approximate surface area is 168 Å². The van der Waals surface area contributed by atoms with Crippen LogP contribution in [0.1, 0.15) is 30.0 Å². The monoisotopic (exact) mass is 389 g/mol. The fourth-order valence-electron chi connectivity index (χ4n) is 4.09. The van der Waals surface area contributed by atoms with Crippen molar-refractivity contribution in [3.05, 3.63) is 78.2 Å². The number of fused-ring (bicyclic) bond motifs is 1. The highest BCUT2D eigenvalue weighted by molar-refractivity contribution is 7.20. The lowest BCUT2D eigenvalue weighted by Crippen LogP contribution is -2.32. The van der Waals surface area contributed by atoms with Crippen LogP contribution in [0.3, 0.4) is 0 Å². The van der Waals surface area contributed by atoms with E-state index in [0.717, 1.165) is 43.1 Å². The van der Waals surface area contributed by atoms with E-state index in [1.54, 1.807) is 17.4 Å². The van der Waals surface area contributed by atoms with Gasteiger partial charge in [-0.15, -0.1) is 0 Å². The lowest BCUT2D eigenvalue weighted by Gasteiger charge is -2.31. The molecule has 0 bridgehead atoms. The van der Waals surface area contributed by atoms with E-state index in [-0.39, 0.29) is 0 Å². The number of nitrogens with zero attached hydrogens (tertiary/aromatic N) is 3. The molecule has 0 saturated carbocycles. The SMILES string of the molecule is Oc1cccc(C2CCN(Cc3cn4cc(-c5ccccc5)sc4n3)CC2)c1. The third-order valence-electron chi connectivity index (χ3n) is 5.58. The van der Waals surface area contributed by atoms with Crippen molar-refractivity contribution in [3.8, 4) is 16.2 Å². The third-order valence-corrected chi connectivity index (χ3v) is 6.62. The Kier molecular flexibility index (Phi) is 4.63. The topological polar surface area (TPSA) is 40.8 Å². The molecule has 4 nitrogen and oxygen atoms in total. The molecule has 0 atom stereocenters. The molecular formula is C23H23N3OS. The zero-order valence-electron chi connectivity index (χ0n) is 15.7. The summed E-state index contributed by atoms with van der Waals surface area (Å²) in [4.78, 5) is 9.65. The van der Waals surface area contributed by atoms with Crippen molar-refractivity contribution in [2.45, 2.75) is 25.3 Å². The first-order valence-corrected chi connectivity index (χ1v) is 10.6. The summed E-state index contributed by atoms with van der Waals surface area (Å²) in [5.74, 6) is 0.912. The molecule has 4 aromatic rings. The van der Waals surface area contributed by atoms with Gasteiger partial charge in [-0.1, -0.05) is 53.8 Å². The number of aromatic nitrogens is 2. The Morgan fingerprint density at radius 1 is 1.00 bits per heavy atom. The molecule has 1 aliphatic heterocycles. The number of imidazole rings is 1. The van der Waals surface area contributed by atoms with E-state index in [2.05, 4.69) is 52.0 Å². The number of phenols is 1. The number of piperidine rings is 1. The zero-order valence-corrected chi connectivity index (χ0v) is 16.5. The summed E-state index contributed by atoms with van der Waals surface area (Å²) in [6.45, 7) is 3.04. The van der Waals surface area contributed by atoms with Crippen LogP contribution in [-0.2, 0) is 6.54 Å². The molecule has 2 aromatic heterocycles. The minimum Gasteiger partial charge on any atom is -0.508 e. The number of thiazole rings is 1. The van der Waals surface area contributed by atoms with Crippen LogP contribution in [0.5, 0.6) is 5.75 Å². The number of aromatic hydroxyl groups is 1. The largest absolute Gasteiger partial charge is 0.508 e. The van der Waals surface area contributed by atoms with Crippen LogP contribution < -0.4 is 0 Å². The van der Waals surface area contributed by atoms with Gasteiger partial charge in [-0.25, -0.2) is 4.98 Å². The van der Waals surface area contributed by atoms with Crippen molar-refractivity contribution in [3.63, 3.8) is 0 Å². The molecule has 1 fully saturated rings. The summed E-state index contributed by atoms with van der Waals surface area (Å²) < 4.78 is 2.15. The van der Waals surface area contributed by atoms with Crippen molar-refractivity contribution in [2.75, 3.05) is 13.1 Å². The highest BCUT2D eigenvalue weighted by Gasteiger charge is 2.21. The summed E-state index contributed by atoms with van der Waals surface area (Å²) in [7, 11) is 0. The molecule has 5 heteroatoms. The Bertz CT molecular complexity index is 1050. The lowest BCUT2D eigenvalue weighted by molar-refractivity contribution is 0.203. The van der Waals surface area contributed by atoms with E-state index in [4.69, 9.17) is 4.98 Å². The van der Waals surface area contributed by atoms with Crippen molar-refractivity contribution >= 4 is 16.3 Å². The van der Waals surface area contributed by atoms with Gasteiger partial charge in [-0.05, 0) is 55.1 Å². The fourth-order valence-corrected chi connectivity index (χ4v) is 5.08. The minimum absolute atomic E-state index is 0.368. The number of benzene rings is 2. The Balaban J connectivity index is 1.23. The van der Waals surface area contributed by atoms with Gasteiger partial charge < -0.3 is 5.11 Å². The second-order valence-corrected chi connectivity index (χ2v) is 8.54. The van der Waals surface area contributed by atoms with Crippen molar-refractivity contribution in [2.24, 2.45) is 0 Å².